The molecule has 0 unspecified atom stereocenters. The zero-order chi connectivity index (χ0) is 19.7. The number of hydrogen-bond acceptors (Lipinski definition) is 4. The van der Waals surface area contributed by atoms with Crippen LogP contribution in [0.5, 0.6) is 0 Å². The number of aliphatic hydroxyl groups excluding tert-OH is 1. The molecule has 0 aromatic carbocycles. The number of hydrogen-bond donors (Lipinski definition) is 1. The van der Waals surface area contributed by atoms with E-state index >= 15 is 0 Å². The van der Waals surface area contributed by atoms with Crippen LogP contribution in [-0.2, 0) is 18.3 Å². The molecule has 2 aromatic rings. The first-order valence-corrected chi connectivity index (χ1v) is 10.9. The van der Waals surface area contributed by atoms with E-state index in [-0.39, 0.29) is 17.9 Å². The minimum atomic E-state index is -0.849. The highest BCUT2D eigenvalue weighted by Crippen LogP contribution is 2.39. The Hall–Kier alpha value is -1.17. The first-order chi connectivity index (χ1) is 12.7. The molecule has 0 radical (unpaired) electrons. The van der Waals surface area contributed by atoms with Gasteiger partial charge in [0.2, 0.25) is 0 Å². The van der Waals surface area contributed by atoms with Gasteiger partial charge in [0.05, 0.1) is 22.1 Å². The molecular formula is C21H29ClN2O2S. The summed E-state index contributed by atoms with van der Waals surface area (Å²) in [6.07, 6.45) is 7.48. The Kier molecular flexibility index (Phi) is 6.14. The number of carbonyl (C=O) groups is 1. The predicted octanol–water partition coefficient (Wildman–Crippen LogP) is 5.26. The molecule has 4 nitrogen and oxygen atoms in total. The summed E-state index contributed by atoms with van der Waals surface area (Å²) in [5.74, 6) is -0.144. The zero-order valence-corrected chi connectivity index (χ0v) is 18.0. The molecule has 0 amide bonds. The maximum absolute atomic E-state index is 13.1. The average molecular weight is 409 g/mol. The van der Waals surface area contributed by atoms with Gasteiger partial charge in [-0.25, -0.2) is 4.68 Å². The van der Waals surface area contributed by atoms with Crippen LogP contribution in [0.2, 0.25) is 4.34 Å². The van der Waals surface area contributed by atoms with Gasteiger partial charge in [-0.2, -0.15) is 5.10 Å². The number of nitrogens with zero attached hydrogens (tertiary/aromatic N) is 2. The van der Waals surface area contributed by atoms with Crippen LogP contribution in [-0.4, -0.2) is 27.4 Å². The molecule has 1 N–H and O–H groups in total. The summed E-state index contributed by atoms with van der Waals surface area (Å²) in [7, 11) is 0. The molecular weight excluding hydrogens is 380 g/mol. The topological polar surface area (TPSA) is 55.1 Å². The largest absolute Gasteiger partial charge is 0.395 e. The zero-order valence-electron chi connectivity index (χ0n) is 16.4. The van der Waals surface area contributed by atoms with Crippen LogP contribution in [0.15, 0.2) is 18.2 Å². The second-order valence-electron chi connectivity index (χ2n) is 8.61. The monoisotopic (exact) mass is 408 g/mol. The van der Waals surface area contributed by atoms with Crippen molar-refractivity contribution in [2.75, 3.05) is 6.61 Å². The molecule has 1 saturated carbocycles. The fourth-order valence-electron chi connectivity index (χ4n) is 3.75. The Morgan fingerprint density at radius 3 is 2.59 bits per heavy atom. The highest BCUT2D eigenvalue weighted by Gasteiger charge is 2.35. The van der Waals surface area contributed by atoms with Gasteiger partial charge < -0.3 is 5.11 Å². The summed E-state index contributed by atoms with van der Waals surface area (Å²) < 4.78 is 2.34. The number of aliphatic hydroxyl groups is 1. The summed E-state index contributed by atoms with van der Waals surface area (Å²) in [6, 6.07) is 6.07. The van der Waals surface area contributed by atoms with E-state index in [2.05, 4.69) is 13.0 Å². The van der Waals surface area contributed by atoms with Crippen LogP contribution in [0, 0.1) is 5.41 Å². The van der Waals surface area contributed by atoms with Crippen LogP contribution in [0.3, 0.4) is 0 Å². The second-order valence-corrected chi connectivity index (χ2v) is 10.4. The van der Waals surface area contributed by atoms with Crippen molar-refractivity contribution in [2.45, 2.75) is 71.1 Å². The molecule has 1 aliphatic carbocycles. The van der Waals surface area contributed by atoms with Crippen LogP contribution >= 0.6 is 22.9 Å². The SMILES string of the molecule is CC(C)(CO)C(=O)n1nc(C2(C)CCCCC2)cc1CCc1ccc(Cl)s1. The first kappa shape index (κ1) is 20.6. The maximum Gasteiger partial charge on any atom is 0.255 e. The Morgan fingerprint density at radius 1 is 1.30 bits per heavy atom. The van der Waals surface area contributed by atoms with Gasteiger partial charge in [-0.3, -0.25) is 4.79 Å². The van der Waals surface area contributed by atoms with Crippen molar-refractivity contribution in [1.82, 2.24) is 9.78 Å². The highest BCUT2D eigenvalue weighted by atomic mass is 35.5. The minimum absolute atomic E-state index is 0.0358. The number of aromatic nitrogens is 2. The third-order valence-electron chi connectivity index (χ3n) is 5.78. The second kappa shape index (κ2) is 8.06. The number of aryl methyl sites for hydroxylation is 2. The highest BCUT2D eigenvalue weighted by molar-refractivity contribution is 7.16. The Balaban J connectivity index is 1.92. The first-order valence-electron chi connectivity index (χ1n) is 9.74. The van der Waals surface area contributed by atoms with E-state index in [0.29, 0.717) is 0 Å². The standard InChI is InChI=1S/C21H29ClN2O2S/c1-20(2,14-25)19(26)24-15(7-8-16-9-10-18(22)27-16)13-17(23-24)21(3)11-5-4-6-12-21/h9-10,13,25H,4-8,11-12,14H2,1-3H3. The molecule has 1 fully saturated rings. The molecule has 0 aliphatic heterocycles. The van der Waals surface area contributed by atoms with E-state index < -0.39 is 5.41 Å². The van der Waals surface area contributed by atoms with E-state index in [0.717, 1.165) is 41.4 Å². The molecule has 2 aromatic heterocycles. The molecule has 6 heteroatoms. The number of halogens is 1. The van der Waals surface area contributed by atoms with Crippen molar-refractivity contribution >= 4 is 28.8 Å². The molecule has 148 valence electrons. The van der Waals surface area contributed by atoms with Gasteiger partial charge in [-0.15, -0.1) is 11.3 Å². The van der Waals surface area contributed by atoms with Crippen LogP contribution in [0.25, 0.3) is 0 Å². The summed E-state index contributed by atoms with van der Waals surface area (Å²) in [5, 5.41) is 14.4. The van der Waals surface area contributed by atoms with Crippen molar-refractivity contribution in [3.05, 3.63) is 38.8 Å². The van der Waals surface area contributed by atoms with Gasteiger partial charge in [0.1, 0.15) is 0 Å². The minimum Gasteiger partial charge on any atom is -0.395 e. The lowest BCUT2D eigenvalue weighted by atomic mass is 9.73. The van der Waals surface area contributed by atoms with Gasteiger partial charge in [0.25, 0.3) is 5.91 Å². The van der Waals surface area contributed by atoms with Crippen molar-refractivity contribution < 1.29 is 9.90 Å². The third kappa shape index (κ3) is 4.47. The fraction of sp³-hybridized carbons (Fsp3) is 0.619. The molecule has 1 aliphatic rings. The average Bonchev–Trinajstić information content (AvgIpc) is 3.26. The summed E-state index contributed by atoms with van der Waals surface area (Å²) in [6.45, 7) is 5.60. The lowest BCUT2D eigenvalue weighted by Crippen LogP contribution is -2.35. The van der Waals surface area contributed by atoms with Gasteiger partial charge in [0.15, 0.2) is 0 Å². The van der Waals surface area contributed by atoms with Gasteiger partial charge in [-0.1, -0.05) is 37.8 Å². The smallest absolute Gasteiger partial charge is 0.255 e. The lowest BCUT2D eigenvalue weighted by molar-refractivity contribution is 0.0607. The Labute approximate surface area is 170 Å². The molecule has 2 heterocycles. The summed E-state index contributed by atoms with van der Waals surface area (Å²) in [4.78, 5) is 14.3. The lowest BCUT2D eigenvalue weighted by Gasteiger charge is -2.31. The molecule has 0 spiro atoms. The quantitative estimate of drug-likeness (QED) is 0.708. The molecule has 3 rings (SSSR count). The van der Waals surface area contributed by atoms with E-state index in [1.165, 1.54) is 24.1 Å². The number of thiophene rings is 1. The Bertz CT molecular complexity index is 803. The summed E-state index contributed by atoms with van der Waals surface area (Å²) >= 11 is 7.62. The maximum atomic E-state index is 13.1. The number of carbonyl (C=O) groups excluding carboxylic acids is 1. The van der Waals surface area contributed by atoms with E-state index in [1.807, 2.05) is 12.1 Å². The van der Waals surface area contributed by atoms with Crippen molar-refractivity contribution in [1.29, 1.82) is 0 Å². The van der Waals surface area contributed by atoms with E-state index in [4.69, 9.17) is 16.7 Å². The van der Waals surface area contributed by atoms with Crippen LogP contribution < -0.4 is 0 Å². The molecule has 0 atom stereocenters. The van der Waals surface area contributed by atoms with Crippen molar-refractivity contribution in [3.63, 3.8) is 0 Å². The van der Waals surface area contributed by atoms with E-state index in [9.17, 15) is 9.90 Å². The normalized spacial score (nSPS) is 17.2. The van der Waals surface area contributed by atoms with Crippen LogP contribution in [0.1, 0.15) is 73.9 Å². The van der Waals surface area contributed by atoms with Gasteiger partial charge >= 0.3 is 0 Å². The van der Waals surface area contributed by atoms with E-state index in [1.54, 1.807) is 29.9 Å². The summed E-state index contributed by atoms with van der Waals surface area (Å²) in [5.41, 5.74) is 1.13. The molecule has 0 saturated heterocycles. The predicted molar refractivity (Wildman–Crippen MR) is 111 cm³/mol. The van der Waals surface area contributed by atoms with Crippen molar-refractivity contribution in [3.8, 4) is 0 Å². The van der Waals surface area contributed by atoms with Gasteiger partial charge in [0, 0.05) is 16.0 Å². The third-order valence-corrected chi connectivity index (χ3v) is 7.07. The molecule has 0 bridgehead atoms. The van der Waals surface area contributed by atoms with Gasteiger partial charge in [-0.05, 0) is 57.7 Å². The fourth-order valence-corrected chi connectivity index (χ4v) is 4.84. The molecule has 27 heavy (non-hydrogen) atoms. The Morgan fingerprint density at radius 2 is 2.00 bits per heavy atom. The number of rotatable bonds is 6. The van der Waals surface area contributed by atoms with Crippen LogP contribution in [0.4, 0.5) is 0 Å². The van der Waals surface area contributed by atoms with Crippen molar-refractivity contribution in [2.24, 2.45) is 5.41 Å².